The lowest BCUT2D eigenvalue weighted by Crippen LogP contribution is -2.12. The Morgan fingerprint density at radius 1 is 1.33 bits per heavy atom. The summed E-state index contributed by atoms with van der Waals surface area (Å²) in [6.45, 7) is 3.38. The zero-order valence-electron chi connectivity index (χ0n) is 8.87. The van der Waals surface area contributed by atoms with Crippen molar-refractivity contribution in [3.8, 4) is 12.3 Å². The van der Waals surface area contributed by atoms with Crippen LogP contribution in [0.4, 0.5) is 11.4 Å². The number of carbonyl (C=O) groups is 1. The molecular formula is C12H14N2O. The van der Waals surface area contributed by atoms with Crippen LogP contribution in [0.15, 0.2) is 24.3 Å². The van der Waals surface area contributed by atoms with E-state index in [-0.39, 0.29) is 11.9 Å². The molecule has 1 amide bonds. The smallest absolute Gasteiger partial charge is 0.221 e. The van der Waals surface area contributed by atoms with Gasteiger partial charge in [-0.15, -0.1) is 6.42 Å². The summed E-state index contributed by atoms with van der Waals surface area (Å²) in [5, 5.41) is 5.82. The first-order valence-electron chi connectivity index (χ1n) is 4.72. The first-order valence-corrected chi connectivity index (χ1v) is 4.72. The summed E-state index contributed by atoms with van der Waals surface area (Å²) in [7, 11) is 0. The summed E-state index contributed by atoms with van der Waals surface area (Å²) in [4.78, 5) is 10.8. The van der Waals surface area contributed by atoms with Gasteiger partial charge in [0.05, 0.1) is 6.04 Å². The van der Waals surface area contributed by atoms with Crippen LogP contribution in [0.3, 0.4) is 0 Å². The predicted molar refractivity (Wildman–Crippen MR) is 62.7 cm³/mol. The standard InChI is InChI=1S/C12H14N2O/c1-4-9(2)13-11-5-7-12(8-6-11)14-10(3)15/h1,5-9,13H,2-3H3,(H,14,15). The number of hydrogen-bond donors (Lipinski definition) is 2. The normalized spacial score (nSPS) is 11.3. The summed E-state index contributed by atoms with van der Waals surface area (Å²) in [5.41, 5.74) is 1.72. The Bertz CT molecular complexity index is 376. The summed E-state index contributed by atoms with van der Waals surface area (Å²) < 4.78 is 0. The van der Waals surface area contributed by atoms with E-state index in [0.717, 1.165) is 11.4 Å². The molecule has 0 heterocycles. The molecule has 0 bridgehead atoms. The van der Waals surface area contributed by atoms with Crippen LogP contribution in [0, 0.1) is 12.3 Å². The van der Waals surface area contributed by atoms with Gasteiger partial charge in [-0.25, -0.2) is 0 Å². The number of terminal acetylenes is 1. The average Bonchev–Trinajstić information content (AvgIpc) is 2.20. The van der Waals surface area contributed by atoms with Crippen molar-refractivity contribution in [3.63, 3.8) is 0 Å². The Hall–Kier alpha value is -1.95. The zero-order valence-corrected chi connectivity index (χ0v) is 8.87. The number of benzene rings is 1. The van der Waals surface area contributed by atoms with Gasteiger partial charge in [0.1, 0.15) is 0 Å². The van der Waals surface area contributed by atoms with Crippen molar-refractivity contribution in [2.45, 2.75) is 19.9 Å². The fraction of sp³-hybridized carbons (Fsp3) is 0.250. The van der Waals surface area contributed by atoms with Crippen LogP contribution in [0.2, 0.25) is 0 Å². The van der Waals surface area contributed by atoms with Crippen molar-refractivity contribution in [2.75, 3.05) is 10.6 Å². The van der Waals surface area contributed by atoms with Crippen molar-refractivity contribution >= 4 is 17.3 Å². The predicted octanol–water partition coefficient (Wildman–Crippen LogP) is 2.08. The Kier molecular flexibility index (Phi) is 3.75. The number of carbonyl (C=O) groups excluding carboxylic acids is 1. The summed E-state index contributed by atoms with van der Waals surface area (Å²) in [6, 6.07) is 7.40. The van der Waals surface area contributed by atoms with E-state index in [2.05, 4.69) is 16.6 Å². The van der Waals surface area contributed by atoms with Gasteiger partial charge in [0, 0.05) is 18.3 Å². The van der Waals surface area contributed by atoms with Crippen molar-refractivity contribution in [3.05, 3.63) is 24.3 Å². The highest BCUT2D eigenvalue weighted by atomic mass is 16.1. The second kappa shape index (κ2) is 5.06. The number of rotatable bonds is 3. The van der Waals surface area contributed by atoms with Gasteiger partial charge >= 0.3 is 0 Å². The SMILES string of the molecule is C#CC(C)Nc1ccc(NC(C)=O)cc1. The third-order valence-corrected chi connectivity index (χ3v) is 1.84. The van der Waals surface area contributed by atoms with Gasteiger partial charge in [0.2, 0.25) is 5.91 Å². The maximum atomic E-state index is 10.8. The number of hydrogen-bond acceptors (Lipinski definition) is 2. The zero-order chi connectivity index (χ0) is 11.3. The van der Waals surface area contributed by atoms with Crippen LogP contribution in [-0.2, 0) is 4.79 Å². The third-order valence-electron chi connectivity index (χ3n) is 1.84. The molecule has 15 heavy (non-hydrogen) atoms. The van der Waals surface area contributed by atoms with E-state index in [1.807, 2.05) is 31.2 Å². The van der Waals surface area contributed by atoms with Gasteiger partial charge < -0.3 is 10.6 Å². The van der Waals surface area contributed by atoms with Crippen LogP contribution in [-0.4, -0.2) is 11.9 Å². The molecule has 3 nitrogen and oxygen atoms in total. The monoisotopic (exact) mass is 202 g/mol. The van der Waals surface area contributed by atoms with E-state index in [9.17, 15) is 4.79 Å². The average molecular weight is 202 g/mol. The van der Waals surface area contributed by atoms with Gasteiger partial charge in [-0.2, -0.15) is 0 Å². The molecular weight excluding hydrogens is 188 g/mol. The fourth-order valence-electron chi connectivity index (χ4n) is 1.14. The molecule has 2 N–H and O–H groups in total. The van der Waals surface area contributed by atoms with E-state index >= 15 is 0 Å². The second-order valence-electron chi connectivity index (χ2n) is 3.29. The van der Waals surface area contributed by atoms with Gasteiger partial charge in [-0.1, -0.05) is 5.92 Å². The van der Waals surface area contributed by atoms with Crippen molar-refractivity contribution in [2.24, 2.45) is 0 Å². The third kappa shape index (κ3) is 3.74. The number of amides is 1. The van der Waals surface area contributed by atoms with Crippen LogP contribution in [0.25, 0.3) is 0 Å². The molecule has 1 rings (SSSR count). The fourth-order valence-corrected chi connectivity index (χ4v) is 1.14. The molecule has 1 unspecified atom stereocenters. The highest BCUT2D eigenvalue weighted by Gasteiger charge is 1.98. The molecule has 0 aliphatic heterocycles. The Morgan fingerprint density at radius 2 is 1.87 bits per heavy atom. The lowest BCUT2D eigenvalue weighted by Gasteiger charge is -2.09. The summed E-state index contributed by atoms with van der Waals surface area (Å²) >= 11 is 0. The lowest BCUT2D eigenvalue weighted by molar-refractivity contribution is -0.114. The van der Waals surface area contributed by atoms with Gasteiger partial charge in [-0.05, 0) is 31.2 Å². The first kappa shape index (κ1) is 11.1. The van der Waals surface area contributed by atoms with Crippen molar-refractivity contribution in [1.82, 2.24) is 0 Å². The van der Waals surface area contributed by atoms with E-state index < -0.39 is 0 Å². The van der Waals surface area contributed by atoms with Gasteiger partial charge in [0.15, 0.2) is 0 Å². The molecule has 0 saturated heterocycles. The molecule has 1 aromatic rings. The molecule has 3 heteroatoms. The second-order valence-corrected chi connectivity index (χ2v) is 3.29. The molecule has 0 aromatic heterocycles. The molecule has 0 aliphatic carbocycles. The van der Waals surface area contributed by atoms with E-state index in [1.54, 1.807) is 0 Å². The molecule has 0 spiro atoms. The maximum Gasteiger partial charge on any atom is 0.221 e. The van der Waals surface area contributed by atoms with Gasteiger partial charge in [0.25, 0.3) is 0 Å². The van der Waals surface area contributed by atoms with Crippen LogP contribution in [0.1, 0.15) is 13.8 Å². The highest BCUT2D eigenvalue weighted by Crippen LogP contribution is 2.14. The molecule has 1 aromatic carbocycles. The summed E-state index contributed by atoms with van der Waals surface area (Å²) in [5.74, 6) is 2.50. The molecule has 0 fully saturated rings. The Balaban J connectivity index is 2.65. The quantitative estimate of drug-likeness (QED) is 0.737. The van der Waals surface area contributed by atoms with E-state index in [0.29, 0.717) is 0 Å². The minimum Gasteiger partial charge on any atom is -0.372 e. The van der Waals surface area contributed by atoms with E-state index in [1.165, 1.54) is 6.92 Å². The van der Waals surface area contributed by atoms with Crippen LogP contribution >= 0.6 is 0 Å². The lowest BCUT2D eigenvalue weighted by atomic mass is 10.2. The Morgan fingerprint density at radius 3 is 2.33 bits per heavy atom. The Labute approximate surface area is 89.9 Å². The summed E-state index contributed by atoms with van der Waals surface area (Å²) in [6.07, 6.45) is 5.25. The highest BCUT2D eigenvalue weighted by molar-refractivity contribution is 5.88. The van der Waals surface area contributed by atoms with Crippen molar-refractivity contribution in [1.29, 1.82) is 0 Å². The molecule has 78 valence electrons. The number of anilines is 2. The van der Waals surface area contributed by atoms with Gasteiger partial charge in [-0.3, -0.25) is 4.79 Å². The minimum absolute atomic E-state index is 0.00313. The number of nitrogens with one attached hydrogen (secondary N) is 2. The topological polar surface area (TPSA) is 41.1 Å². The minimum atomic E-state index is -0.0762. The largest absolute Gasteiger partial charge is 0.372 e. The molecule has 1 atom stereocenters. The van der Waals surface area contributed by atoms with Crippen LogP contribution in [0.5, 0.6) is 0 Å². The molecule has 0 saturated carbocycles. The molecule has 0 aliphatic rings. The van der Waals surface area contributed by atoms with Crippen molar-refractivity contribution < 1.29 is 4.79 Å². The van der Waals surface area contributed by atoms with E-state index in [4.69, 9.17) is 6.42 Å². The first-order chi connectivity index (χ1) is 7.11. The maximum absolute atomic E-state index is 10.8. The van der Waals surface area contributed by atoms with Crippen LogP contribution < -0.4 is 10.6 Å². The molecule has 0 radical (unpaired) electrons.